The average Bonchev–Trinajstić information content (AvgIpc) is 2.14. The van der Waals surface area contributed by atoms with Crippen LogP contribution in [0.5, 0.6) is 0 Å². The van der Waals surface area contributed by atoms with Gasteiger partial charge in [-0.1, -0.05) is 37.3 Å². The second-order valence-corrected chi connectivity index (χ2v) is 3.52. The van der Waals surface area contributed by atoms with E-state index in [1.54, 1.807) is 0 Å². The standard InChI is InChI=1S/C10H13NS/c1-2-12-9-11-8-10-6-4-3-5-7-10/h3-7,12H,2,8H2,1H3. The molecule has 0 amide bonds. The molecule has 0 radical (unpaired) electrons. The highest BCUT2D eigenvalue weighted by atomic mass is 32.1. The van der Waals surface area contributed by atoms with Crippen LogP contribution in [0.1, 0.15) is 12.5 Å². The Kier molecular flexibility index (Phi) is 4.43. The van der Waals surface area contributed by atoms with Crippen LogP contribution in [0.3, 0.4) is 0 Å². The van der Waals surface area contributed by atoms with E-state index < -0.39 is 0 Å². The lowest BCUT2D eigenvalue weighted by Gasteiger charge is -1.90. The van der Waals surface area contributed by atoms with Crippen LogP contribution in [0.15, 0.2) is 35.3 Å². The summed E-state index contributed by atoms with van der Waals surface area (Å²) in [5.41, 5.74) is 1.25. The summed E-state index contributed by atoms with van der Waals surface area (Å²) in [6, 6.07) is 10.2. The highest BCUT2D eigenvalue weighted by molar-refractivity contribution is 7.96. The molecule has 0 aliphatic carbocycles. The molecule has 2 heteroatoms. The molecule has 0 unspecified atom stereocenters. The van der Waals surface area contributed by atoms with Crippen molar-refractivity contribution >= 4 is 16.5 Å². The van der Waals surface area contributed by atoms with E-state index in [1.165, 1.54) is 16.9 Å². The summed E-state index contributed by atoms with van der Waals surface area (Å²) in [6.07, 6.45) is 0. The fraction of sp³-hybridized carbons (Fsp3) is 0.300. The second-order valence-electron chi connectivity index (χ2n) is 2.38. The van der Waals surface area contributed by atoms with E-state index in [0.29, 0.717) is 0 Å². The SMILES string of the molecule is CC[SH]=C=NCc1ccccc1. The maximum Gasteiger partial charge on any atom is 0.0739 e. The van der Waals surface area contributed by atoms with Crippen molar-refractivity contribution in [2.45, 2.75) is 13.5 Å². The molecule has 1 aromatic rings. The summed E-state index contributed by atoms with van der Waals surface area (Å²) < 4.78 is 0. The predicted octanol–water partition coefficient (Wildman–Crippen LogP) is 2.58. The molecule has 0 N–H and O–H groups in total. The Morgan fingerprint density at radius 3 is 2.75 bits per heavy atom. The third-order valence-corrected chi connectivity index (χ3v) is 2.00. The molecule has 64 valence electrons. The zero-order valence-electron chi connectivity index (χ0n) is 7.20. The molecule has 1 aromatic carbocycles. The van der Waals surface area contributed by atoms with Crippen molar-refractivity contribution in [1.29, 1.82) is 0 Å². The summed E-state index contributed by atoms with van der Waals surface area (Å²) in [4.78, 5) is 4.17. The van der Waals surface area contributed by atoms with Crippen LogP contribution in [-0.2, 0) is 6.54 Å². The molecule has 0 bridgehead atoms. The van der Waals surface area contributed by atoms with Gasteiger partial charge in [0.2, 0.25) is 0 Å². The molecule has 0 aliphatic heterocycles. The molecule has 0 heterocycles. The van der Waals surface area contributed by atoms with Crippen LogP contribution < -0.4 is 0 Å². The van der Waals surface area contributed by atoms with Gasteiger partial charge in [-0.2, -0.15) is 0 Å². The van der Waals surface area contributed by atoms with Gasteiger partial charge >= 0.3 is 0 Å². The Bertz CT molecular complexity index is 273. The number of thiol groups is 1. The molecular formula is C10H13NS. The minimum absolute atomic E-state index is 0.758. The molecular weight excluding hydrogens is 166 g/mol. The summed E-state index contributed by atoms with van der Waals surface area (Å²) in [5, 5.41) is 2.98. The van der Waals surface area contributed by atoms with Gasteiger partial charge in [-0.3, -0.25) is 0 Å². The zero-order valence-corrected chi connectivity index (χ0v) is 8.09. The van der Waals surface area contributed by atoms with Crippen molar-refractivity contribution in [3.05, 3.63) is 35.9 Å². The first-order chi connectivity index (χ1) is 5.93. The Hall–Kier alpha value is -0.850. The molecule has 0 spiro atoms. The number of aliphatic imine (C=N–C) groups is 1. The van der Waals surface area contributed by atoms with Gasteiger partial charge in [-0.05, 0) is 11.3 Å². The molecule has 0 aromatic heterocycles. The van der Waals surface area contributed by atoms with Crippen molar-refractivity contribution in [2.24, 2.45) is 4.99 Å². The molecule has 0 saturated heterocycles. The predicted molar refractivity (Wildman–Crippen MR) is 57.1 cm³/mol. The van der Waals surface area contributed by atoms with E-state index >= 15 is 0 Å². The molecule has 12 heavy (non-hydrogen) atoms. The number of hydrogen-bond donors (Lipinski definition) is 1. The molecule has 0 fully saturated rings. The third kappa shape index (κ3) is 3.51. The normalized spacial score (nSPS) is 9.08. The summed E-state index contributed by atoms with van der Waals surface area (Å²) in [6.45, 7) is 2.88. The molecule has 0 aliphatic rings. The number of isothiocyanates is 1. The van der Waals surface area contributed by atoms with Gasteiger partial charge in [0.1, 0.15) is 0 Å². The lowest BCUT2D eigenvalue weighted by molar-refractivity contribution is 1.08. The topological polar surface area (TPSA) is 12.4 Å². The molecule has 1 nitrogen and oxygen atoms in total. The Morgan fingerprint density at radius 2 is 2.08 bits per heavy atom. The van der Waals surface area contributed by atoms with E-state index in [-0.39, 0.29) is 0 Å². The van der Waals surface area contributed by atoms with Gasteiger partial charge in [0.05, 0.1) is 6.54 Å². The first-order valence-electron chi connectivity index (χ1n) is 4.05. The average molecular weight is 179 g/mol. The third-order valence-electron chi connectivity index (χ3n) is 1.40. The van der Waals surface area contributed by atoms with Gasteiger partial charge in [-0.25, -0.2) is 4.99 Å². The number of benzene rings is 1. The monoisotopic (exact) mass is 179 g/mol. The van der Waals surface area contributed by atoms with Crippen molar-refractivity contribution in [3.8, 4) is 0 Å². The lowest BCUT2D eigenvalue weighted by atomic mass is 10.2. The quantitative estimate of drug-likeness (QED) is 0.416. The highest BCUT2D eigenvalue weighted by Crippen LogP contribution is 1.98. The van der Waals surface area contributed by atoms with Crippen LogP contribution >= 0.6 is 11.4 Å². The summed E-state index contributed by atoms with van der Waals surface area (Å²) in [5.74, 6) is 1.10. The Labute approximate surface area is 77.1 Å². The maximum atomic E-state index is 4.17. The van der Waals surface area contributed by atoms with Gasteiger partial charge in [0.15, 0.2) is 0 Å². The highest BCUT2D eigenvalue weighted by Gasteiger charge is 1.84. The van der Waals surface area contributed by atoms with Gasteiger partial charge in [0.25, 0.3) is 0 Å². The van der Waals surface area contributed by atoms with Crippen LogP contribution in [0.25, 0.3) is 0 Å². The van der Waals surface area contributed by atoms with E-state index in [0.717, 1.165) is 12.3 Å². The molecule has 1 rings (SSSR count). The first-order valence-corrected chi connectivity index (χ1v) is 5.13. The maximum absolute atomic E-state index is 4.17. The Morgan fingerprint density at radius 1 is 1.33 bits per heavy atom. The summed E-state index contributed by atoms with van der Waals surface area (Å²) in [7, 11) is 0. The van der Waals surface area contributed by atoms with Crippen molar-refractivity contribution < 1.29 is 0 Å². The number of hydrogen-bond acceptors (Lipinski definition) is 1. The minimum atomic E-state index is 0.758. The smallest absolute Gasteiger partial charge is 0.0739 e. The van der Waals surface area contributed by atoms with E-state index in [9.17, 15) is 0 Å². The Balaban J connectivity index is 2.49. The van der Waals surface area contributed by atoms with E-state index in [1.807, 2.05) is 18.2 Å². The minimum Gasteiger partial charge on any atom is -0.233 e. The fourth-order valence-corrected chi connectivity index (χ4v) is 1.14. The van der Waals surface area contributed by atoms with Crippen molar-refractivity contribution in [2.75, 3.05) is 5.75 Å². The van der Waals surface area contributed by atoms with Crippen molar-refractivity contribution in [3.63, 3.8) is 0 Å². The van der Waals surface area contributed by atoms with Crippen LogP contribution in [0, 0.1) is 0 Å². The lowest BCUT2D eigenvalue weighted by Crippen LogP contribution is -1.77. The summed E-state index contributed by atoms with van der Waals surface area (Å²) >= 11 is 1.18. The fourth-order valence-electron chi connectivity index (χ4n) is 0.831. The first kappa shape index (κ1) is 9.24. The van der Waals surface area contributed by atoms with Gasteiger partial charge < -0.3 is 0 Å². The zero-order chi connectivity index (χ0) is 8.65. The molecule has 0 atom stereocenters. The van der Waals surface area contributed by atoms with Crippen LogP contribution in [0.4, 0.5) is 0 Å². The van der Waals surface area contributed by atoms with Crippen molar-refractivity contribution in [1.82, 2.24) is 0 Å². The van der Waals surface area contributed by atoms with Gasteiger partial charge in [0, 0.05) is 5.16 Å². The van der Waals surface area contributed by atoms with Crippen LogP contribution in [-0.4, -0.2) is 10.9 Å². The number of nitrogens with zero attached hydrogens (tertiary/aromatic N) is 1. The van der Waals surface area contributed by atoms with Gasteiger partial charge in [-0.15, -0.1) is 11.4 Å². The second kappa shape index (κ2) is 5.76. The largest absolute Gasteiger partial charge is 0.233 e. The van der Waals surface area contributed by atoms with Crippen LogP contribution in [0.2, 0.25) is 0 Å². The number of rotatable bonds is 3. The van der Waals surface area contributed by atoms with E-state index in [4.69, 9.17) is 0 Å². The van der Waals surface area contributed by atoms with E-state index in [2.05, 4.69) is 29.2 Å². The molecule has 0 saturated carbocycles.